The summed E-state index contributed by atoms with van der Waals surface area (Å²) in [6.45, 7) is 0.494. The lowest BCUT2D eigenvalue weighted by Crippen LogP contribution is -2.33. The number of amides is 1. The summed E-state index contributed by atoms with van der Waals surface area (Å²) in [5, 5.41) is 30.0. The van der Waals surface area contributed by atoms with Crippen molar-refractivity contribution in [1.82, 2.24) is 20.2 Å². The third-order valence-corrected chi connectivity index (χ3v) is 4.40. The lowest BCUT2D eigenvalue weighted by molar-refractivity contribution is 0.100. The van der Waals surface area contributed by atoms with Crippen LogP contribution in [0.5, 0.6) is 0 Å². The van der Waals surface area contributed by atoms with Gasteiger partial charge in [-0.15, -0.1) is 0 Å². The van der Waals surface area contributed by atoms with Crippen LogP contribution in [0.1, 0.15) is 15.9 Å². The van der Waals surface area contributed by atoms with Gasteiger partial charge < -0.3 is 21.1 Å². The number of fused-ring (bicyclic) bond motifs is 1. The number of aromatic nitrogens is 4. The summed E-state index contributed by atoms with van der Waals surface area (Å²) in [6.07, 6.45) is 0. The number of hydrogen-bond acceptors (Lipinski definition) is 7. The zero-order chi connectivity index (χ0) is 20.4. The Morgan fingerprint density at radius 3 is 2.62 bits per heavy atom. The van der Waals surface area contributed by atoms with Crippen molar-refractivity contribution in [3.8, 4) is 11.5 Å². The van der Waals surface area contributed by atoms with E-state index in [2.05, 4.69) is 25.5 Å². The summed E-state index contributed by atoms with van der Waals surface area (Å²) < 4.78 is 0. The summed E-state index contributed by atoms with van der Waals surface area (Å²) >= 11 is 0. The highest BCUT2D eigenvalue weighted by Gasteiger charge is 2.20. The van der Waals surface area contributed by atoms with E-state index in [1.54, 1.807) is 18.2 Å². The van der Waals surface area contributed by atoms with Gasteiger partial charge in [0.1, 0.15) is 17.0 Å². The van der Waals surface area contributed by atoms with Crippen LogP contribution < -0.4 is 16.6 Å². The van der Waals surface area contributed by atoms with E-state index in [9.17, 15) is 14.8 Å². The normalized spacial score (nSPS) is 10.8. The van der Waals surface area contributed by atoms with Gasteiger partial charge in [0, 0.05) is 11.9 Å². The van der Waals surface area contributed by atoms with E-state index in [0.29, 0.717) is 29.0 Å². The highest BCUT2D eigenvalue weighted by molar-refractivity contribution is 6.57. The zero-order valence-corrected chi connectivity index (χ0v) is 15.2. The van der Waals surface area contributed by atoms with Crippen molar-refractivity contribution in [1.29, 1.82) is 0 Å². The average Bonchev–Trinajstić information content (AvgIpc) is 3.17. The third kappa shape index (κ3) is 3.79. The molecule has 2 aromatic carbocycles. The number of benzene rings is 2. The number of carbonyl (C=O) groups is 1. The fourth-order valence-corrected chi connectivity index (χ4v) is 3.00. The third-order valence-electron chi connectivity index (χ3n) is 4.40. The Morgan fingerprint density at radius 2 is 1.90 bits per heavy atom. The molecule has 0 aliphatic rings. The highest BCUT2D eigenvalue weighted by atomic mass is 16.4. The predicted octanol–water partition coefficient (Wildman–Crippen LogP) is 0.411. The molecule has 0 unspecified atom stereocenters. The minimum Gasteiger partial charge on any atom is -0.422 e. The van der Waals surface area contributed by atoms with Gasteiger partial charge in [-0.25, -0.2) is 9.97 Å². The second kappa shape index (κ2) is 7.70. The smallest absolute Gasteiger partial charge is 0.422 e. The maximum Gasteiger partial charge on any atom is 0.508 e. The largest absolute Gasteiger partial charge is 0.508 e. The number of anilines is 1. The van der Waals surface area contributed by atoms with Crippen molar-refractivity contribution in [2.24, 2.45) is 5.73 Å². The number of aromatic amines is 1. The molecule has 1 amide bonds. The van der Waals surface area contributed by atoms with Gasteiger partial charge in [0.2, 0.25) is 0 Å². The van der Waals surface area contributed by atoms with Crippen molar-refractivity contribution in [3.63, 3.8) is 0 Å². The van der Waals surface area contributed by atoms with E-state index in [4.69, 9.17) is 5.73 Å². The number of nitrogens with two attached hydrogens (primary N) is 1. The number of hydrogen-bond donors (Lipinski definition) is 5. The van der Waals surface area contributed by atoms with Gasteiger partial charge in [0.15, 0.2) is 5.82 Å². The Hall–Kier alpha value is -3.76. The highest BCUT2D eigenvalue weighted by Crippen LogP contribution is 2.26. The fraction of sp³-hybridized carbons (Fsp3) is 0.0526. The topological polar surface area (TPSA) is 150 Å². The molecule has 6 N–H and O–H groups in total. The first-order chi connectivity index (χ1) is 14.0. The fourth-order valence-electron chi connectivity index (χ4n) is 3.00. The lowest BCUT2D eigenvalue weighted by Gasteiger charge is -2.10. The van der Waals surface area contributed by atoms with Crippen LogP contribution in [0.15, 0.2) is 54.6 Å². The second-order valence-electron chi connectivity index (χ2n) is 6.38. The molecule has 4 rings (SSSR count). The Balaban J connectivity index is 1.75. The molecule has 0 spiro atoms. The maximum atomic E-state index is 11.6. The van der Waals surface area contributed by atoms with Gasteiger partial charge in [-0.05, 0) is 17.7 Å². The van der Waals surface area contributed by atoms with E-state index < -0.39 is 13.0 Å². The molecule has 0 aliphatic carbocycles. The van der Waals surface area contributed by atoms with Crippen LogP contribution in [0, 0.1) is 0 Å². The minimum atomic E-state index is -1.77. The summed E-state index contributed by atoms with van der Waals surface area (Å²) in [6, 6.07) is 16.2. The molecule has 0 fully saturated rings. The van der Waals surface area contributed by atoms with Gasteiger partial charge >= 0.3 is 7.12 Å². The minimum absolute atomic E-state index is 0.0272. The molecule has 4 aromatic rings. The predicted molar refractivity (Wildman–Crippen MR) is 109 cm³/mol. The number of para-hydroxylation sites is 1. The molecular formula is C19H17BN6O3. The van der Waals surface area contributed by atoms with Crippen LogP contribution in [-0.2, 0) is 6.54 Å². The molecule has 144 valence electrons. The molecule has 2 aromatic heterocycles. The average molecular weight is 388 g/mol. The van der Waals surface area contributed by atoms with E-state index in [1.807, 2.05) is 30.3 Å². The van der Waals surface area contributed by atoms with Crippen LogP contribution in [0.2, 0.25) is 0 Å². The molecule has 0 saturated carbocycles. The SMILES string of the molecule is NC(=O)c1cccc2c(-c3nc(NCc4ccccc4)cc(B(O)O)n3)[nH]nc12. The van der Waals surface area contributed by atoms with Crippen LogP contribution in [0.3, 0.4) is 0 Å². The first-order valence-electron chi connectivity index (χ1n) is 8.83. The van der Waals surface area contributed by atoms with Crippen LogP contribution >= 0.6 is 0 Å². The number of rotatable bonds is 6. The van der Waals surface area contributed by atoms with Gasteiger partial charge in [-0.2, -0.15) is 5.10 Å². The number of primary amides is 1. The molecule has 0 atom stereocenters. The monoisotopic (exact) mass is 388 g/mol. The number of H-pyrrole nitrogens is 1. The molecule has 2 heterocycles. The van der Waals surface area contributed by atoms with Crippen molar-refractivity contribution in [3.05, 3.63) is 65.7 Å². The van der Waals surface area contributed by atoms with E-state index in [1.165, 1.54) is 6.07 Å². The van der Waals surface area contributed by atoms with Gasteiger partial charge in [-0.3, -0.25) is 9.89 Å². The molecule has 0 aliphatic heterocycles. The summed E-state index contributed by atoms with van der Waals surface area (Å²) in [5.41, 5.74) is 7.58. The van der Waals surface area contributed by atoms with Gasteiger partial charge in [-0.1, -0.05) is 42.5 Å². The van der Waals surface area contributed by atoms with E-state index in [0.717, 1.165) is 5.56 Å². The molecule has 0 bridgehead atoms. The van der Waals surface area contributed by atoms with Crippen molar-refractivity contribution < 1.29 is 14.8 Å². The summed E-state index contributed by atoms with van der Waals surface area (Å²) in [7, 11) is -1.77. The molecule has 0 radical (unpaired) electrons. The van der Waals surface area contributed by atoms with Crippen molar-refractivity contribution in [2.45, 2.75) is 6.54 Å². The molecule has 29 heavy (non-hydrogen) atoms. The number of carbonyl (C=O) groups excluding carboxylic acids is 1. The van der Waals surface area contributed by atoms with Crippen LogP contribution in [0.25, 0.3) is 22.4 Å². The van der Waals surface area contributed by atoms with Crippen LogP contribution in [-0.4, -0.2) is 43.2 Å². The summed E-state index contributed by atoms with van der Waals surface area (Å²) in [5.74, 6) is 0.0188. The molecular weight excluding hydrogens is 371 g/mol. The first kappa shape index (κ1) is 18.6. The van der Waals surface area contributed by atoms with Gasteiger partial charge in [0.25, 0.3) is 5.91 Å². The Morgan fingerprint density at radius 1 is 1.10 bits per heavy atom. The van der Waals surface area contributed by atoms with Crippen LogP contribution in [0.4, 0.5) is 5.82 Å². The number of nitrogens with one attached hydrogen (secondary N) is 2. The number of nitrogens with zero attached hydrogens (tertiary/aromatic N) is 3. The zero-order valence-electron chi connectivity index (χ0n) is 15.2. The molecule has 0 saturated heterocycles. The Labute approximate surface area is 165 Å². The second-order valence-corrected chi connectivity index (χ2v) is 6.38. The van der Waals surface area contributed by atoms with Crippen molar-refractivity contribution in [2.75, 3.05) is 5.32 Å². The maximum absolute atomic E-state index is 11.6. The molecule has 10 heteroatoms. The van der Waals surface area contributed by atoms with E-state index >= 15 is 0 Å². The first-order valence-corrected chi connectivity index (χ1v) is 8.83. The van der Waals surface area contributed by atoms with E-state index in [-0.39, 0.29) is 17.0 Å². The quantitative estimate of drug-likeness (QED) is 0.300. The lowest BCUT2D eigenvalue weighted by atomic mass is 9.86. The summed E-state index contributed by atoms with van der Waals surface area (Å²) in [4.78, 5) is 20.3. The van der Waals surface area contributed by atoms with Crippen molar-refractivity contribution >= 4 is 35.3 Å². The van der Waals surface area contributed by atoms with Gasteiger partial charge in [0.05, 0.1) is 11.2 Å². The Kier molecular flexibility index (Phi) is 4.94. The Bertz CT molecular complexity index is 1180. The standard InChI is InChI=1S/C19H17BN6O3/c21-18(27)13-8-4-7-12-16(13)25-26-17(12)19-23-14(20(28)29)9-15(24-19)22-10-11-5-2-1-3-6-11/h1-9,28-29H,10H2,(H2,21,27)(H,25,26)(H,22,23,24). The molecule has 9 nitrogen and oxygen atoms in total.